The van der Waals surface area contributed by atoms with Crippen LogP contribution >= 0.6 is 0 Å². The van der Waals surface area contributed by atoms with Crippen LogP contribution in [-0.4, -0.2) is 11.4 Å². The fraction of sp³-hybridized carbons (Fsp3) is 0.719. The Balaban J connectivity index is 0.0000180. The number of benzene rings is 2. The van der Waals surface area contributed by atoms with Gasteiger partial charge in [-0.25, -0.2) is 4.99 Å². The van der Waals surface area contributed by atoms with E-state index >= 15 is 0 Å². The molecule has 0 aliphatic rings. The normalized spacial score (nSPS) is 11.8. The van der Waals surface area contributed by atoms with E-state index in [-0.39, 0.29) is 16.5 Å². The summed E-state index contributed by atoms with van der Waals surface area (Å²) in [5.74, 6) is 7.22. The molecule has 0 aromatic heterocycles. The molecule has 0 unspecified atom stereocenters. The van der Waals surface area contributed by atoms with E-state index in [0.717, 1.165) is 67.7 Å². The molecule has 0 radical (unpaired) electrons. The summed E-state index contributed by atoms with van der Waals surface area (Å²) in [4.78, 5) is 10.7. The first-order valence-electron chi connectivity index (χ1n) is 26.0. The van der Waals surface area contributed by atoms with Crippen molar-refractivity contribution in [2.24, 2.45) is 9.98 Å². The van der Waals surface area contributed by atoms with E-state index in [0.29, 0.717) is 0 Å². The maximum absolute atomic E-state index is 5.39. The molecule has 2 aromatic carbocycles. The van der Waals surface area contributed by atoms with Crippen LogP contribution in [0.2, 0.25) is 0 Å². The number of nitrogens with zero attached hydrogens (tertiary/aromatic N) is 2. The Morgan fingerprint density at radius 2 is 0.717 bits per heavy atom. The van der Waals surface area contributed by atoms with Gasteiger partial charge in [-0.15, -0.1) is 0 Å². The second kappa shape index (κ2) is 39.7. The number of hydrogen-bond acceptors (Lipinski definition) is 2. The monoisotopic (exact) mass is 865 g/mol. The molecule has 0 aliphatic carbocycles. The van der Waals surface area contributed by atoms with Crippen molar-refractivity contribution in [2.45, 2.75) is 266 Å². The Morgan fingerprint density at radius 1 is 0.383 bits per heavy atom. The number of rotatable bonds is 37. The van der Waals surface area contributed by atoms with E-state index in [1.54, 1.807) is 0 Å². The molecular weight excluding hydrogens is 771 g/mol. The quantitative estimate of drug-likeness (QED) is 0.0280. The van der Waals surface area contributed by atoms with E-state index in [2.05, 4.69) is 89.8 Å². The van der Waals surface area contributed by atoms with Crippen LogP contribution in [0.5, 0.6) is 0 Å². The maximum Gasteiger partial charge on any atom is 0.135 e. The minimum Gasteiger partial charge on any atom is -0.251 e. The molecule has 0 saturated heterocycles. The van der Waals surface area contributed by atoms with Gasteiger partial charge in [0.25, 0.3) is 0 Å². The predicted molar refractivity (Wildman–Crippen MR) is 267 cm³/mol. The topological polar surface area (TPSA) is 24.7 Å². The van der Waals surface area contributed by atoms with Crippen LogP contribution in [0, 0.1) is 11.8 Å². The van der Waals surface area contributed by atoms with Crippen LogP contribution < -0.4 is 0 Å². The zero-order chi connectivity index (χ0) is 42.4. The van der Waals surface area contributed by atoms with Gasteiger partial charge in [0.15, 0.2) is 0 Å². The van der Waals surface area contributed by atoms with E-state index < -0.39 is 0 Å². The van der Waals surface area contributed by atoms with Gasteiger partial charge in [-0.3, -0.25) is 4.99 Å². The second-order valence-corrected chi connectivity index (χ2v) is 17.7. The Hall–Kier alpha value is -2.17. The van der Waals surface area contributed by atoms with E-state index in [9.17, 15) is 0 Å². The first kappa shape index (κ1) is 55.9. The van der Waals surface area contributed by atoms with Gasteiger partial charge in [0, 0.05) is 22.9 Å². The van der Waals surface area contributed by atoms with Crippen molar-refractivity contribution in [3.05, 3.63) is 58.7 Å². The predicted octanol–water partition coefficient (Wildman–Crippen LogP) is 18.9. The number of aryl methyl sites for hydroxylation is 4. The van der Waals surface area contributed by atoms with Gasteiger partial charge in [-0.05, 0) is 97.4 Å². The maximum atomic E-state index is 5.39. The Labute approximate surface area is 384 Å². The summed E-state index contributed by atoms with van der Waals surface area (Å²) in [6, 6.07) is 13.6. The smallest absolute Gasteiger partial charge is 0.135 e. The summed E-state index contributed by atoms with van der Waals surface area (Å²) < 4.78 is 0. The van der Waals surface area contributed by atoms with Gasteiger partial charge in [0.1, 0.15) is 5.71 Å². The van der Waals surface area contributed by atoms with Crippen molar-refractivity contribution in [3.8, 4) is 11.8 Å². The third-order valence-corrected chi connectivity index (χ3v) is 12.6. The number of unbranched alkanes of at least 4 members (excludes halogenated alkanes) is 28. The summed E-state index contributed by atoms with van der Waals surface area (Å²) in [5, 5.41) is 0. The van der Waals surface area contributed by atoms with Crippen LogP contribution in [0.15, 0.2) is 46.4 Å². The Bertz CT molecular complexity index is 1440. The summed E-state index contributed by atoms with van der Waals surface area (Å²) in [6.07, 6.45) is 46.0. The zero-order valence-electron chi connectivity index (χ0n) is 40.4. The fourth-order valence-electron chi connectivity index (χ4n) is 8.61. The summed E-state index contributed by atoms with van der Waals surface area (Å²) in [7, 11) is 0. The molecule has 2 aromatic rings. The van der Waals surface area contributed by atoms with Crippen LogP contribution in [0.25, 0.3) is 0 Å². The molecule has 2 nitrogen and oxygen atoms in total. The summed E-state index contributed by atoms with van der Waals surface area (Å²) in [6.45, 7) is 13.6. The first-order valence-corrected chi connectivity index (χ1v) is 26.0. The van der Waals surface area contributed by atoms with Crippen molar-refractivity contribution >= 4 is 22.8 Å². The largest absolute Gasteiger partial charge is 0.251 e. The van der Waals surface area contributed by atoms with E-state index in [1.807, 2.05) is 0 Å². The fourth-order valence-corrected chi connectivity index (χ4v) is 8.61. The van der Waals surface area contributed by atoms with Crippen LogP contribution in [0.4, 0.5) is 11.4 Å². The molecule has 0 bridgehead atoms. The van der Waals surface area contributed by atoms with Crippen LogP contribution in [0.3, 0.4) is 0 Å². The second-order valence-electron chi connectivity index (χ2n) is 17.7. The molecule has 0 N–H and O–H groups in total. The van der Waals surface area contributed by atoms with Crippen molar-refractivity contribution in [1.82, 2.24) is 0 Å². The molecule has 0 heterocycles. The molecular formula is C57H94N2Ni. The Kier molecular flexibility index (Phi) is 36.9. The minimum absolute atomic E-state index is 0. The molecule has 2 rings (SSSR count). The van der Waals surface area contributed by atoms with Gasteiger partial charge in [-0.1, -0.05) is 233 Å². The molecule has 0 atom stereocenters. The average molecular weight is 866 g/mol. The summed E-state index contributed by atoms with van der Waals surface area (Å²) >= 11 is 0. The van der Waals surface area contributed by atoms with Crippen LogP contribution in [-0.2, 0) is 42.2 Å². The average Bonchev–Trinajstić information content (AvgIpc) is 3.26. The molecule has 342 valence electrons. The minimum atomic E-state index is 0. The van der Waals surface area contributed by atoms with Crippen molar-refractivity contribution in [3.63, 3.8) is 0 Å². The van der Waals surface area contributed by atoms with Crippen LogP contribution in [0.1, 0.15) is 263 Å². The third kappa shape index (κ3) is 27.0. The standard InChI is InChI=1S/C57H94N2.Ni/c1-7-13-15-17-19-21-23-25-27-28-29-31-33-35-37-39-41-43-57(59-55-47-45-51(10-4)53(12-6)49-55)56(58-54-46-44-50(9-3)52(11-5)48-54)42-40-38-36-34-32-30-26-24-22-20-18-16-14-8-2;/h44-49H,7-39,41,43H2,1-6H3;/b58-56+,59-57+;. The zero-order valence-corrected chi connectivity index (χ0v) is 41.4. The number of hydrogen-bond donors (Lipinski definition) is 0. The van der Waals surface area contributed by atoms with Gasteiger partial charge < -0.3 is 0 Å². The molecule has 60 heavy (non-hydrogen) atoms. The number of aliphatic imine (C=N–C) groups is 2. The van der Waals surface area contributed by atoms with E-state index in [1.165, 1.54) is 202 Å². The molecule has 0 amide bonds. The Morgan fingerprint density at radius 3 is 1.08 bits per heavy atom. The SMILES string of the molecule is CCCCCCCCCCCCCCC#CC(=N\c1ccc(CC)c(CC)c1)/C(CCCCCCCCCCCCCCCCCCC)=N/c1ccc(CC)c(CC)c1.[Ni]. The molecule has 0 fully saturated rings. The van der Waals surface area contributed by atoms with Gasteiger partial charge >= 0.3 is 0 Å². The molecule has 3 heteroatoms. The molecule has 0 aliphatic heterocycles. The molecule has 0 saturated carbocycles. The van der Waals surface area contributed by atoms with E-state index in [4.69, 9.17) is 9.98 Å². The van der Waals surface area contributed by atoms with Crippen molar-refractivity contribution in [1.29, 1.82) is 0 Å². The van der Waals surface area contributed by atoms with Gasteiger partial charge in [0.05, 0.1) is 17.1 Å². The van der Waals surface area contributed by atoms with Gasteiger partial charge in [0.2, 0.25) is 0 Å². The van der Waals surface area contributed by atoms with Crippen molar-refractivity contribution in [2.75, 3.05) is 0 Å². The summed E-state index contributed by atoms with van der Waals surface area (Å²) in [5.41, 5.74) is 9.66. The molecule has 0 spiro atoms. The third-order valence-electron chi connectivity index (χ3n) is 12.6. The first-order chi connectivity index (χ1) is 29.1. The van der Waals surface area contributed by atoms with Gasteiger partial charge in [-0.2, -0.15) is 0 Å². The van der Waals surface area contributed by atoms with Crippen molar-refractivity contribution < 1.29 is 16.5 Å².